The normalized spacial score (nSPS) is 23.3. The Morgan fingerprint density at radius 2 is 1.49 bits per heavy atom. The van der Waals surface area contributed by atoms with E-state index in [1.165, 1.54) is 0 Å². The number of benzene rings is 2. The van der Waals surface area contributed by atoms with Gasteiger partial charge < -0.3 is 30.7 Å². The van der Waals surface area contributed by atoms with Crippen LogP contribution in [0.4, 0.5) is 0 Å². The Kier molecular flexibility index (Phi) is 14.1. The summed E-state index contributed by atoms with van der Waals surface area (Å²) in [6.07, 6.45) is 6.21. The van der Waals surface area contributed by atoms with Crippen LogP contribution in [0, 0.1) is 11.8 Å². The van der Waals surface area contributed by atoms with E-state index in [0.717, 1.165) is 29.7 Å². The quantitative estimate of drug-likeness (QED) is 0.212. The minimum absolute atomic E-state index is 0.216. The Hall–Kier alpha value is -4.18. The highest BCUT2D eigenvalue weighted by Crippen LogP contribution is 2.15. The zero-order chi connectivity index (χ0) is 32.8. The number of ether oxygens (including phenoxy) is 2. The van der Waals surface area contributed by atoms with Crippen molar-refractivity contribution in [3.05, 3.63) is 77.9 Å². The summed E-state index contributed by atoms with van der Waals surface area (Å²) in [4.78, 5) is 53.2. The molecular formula is C35H48N4O6. The SMILES string of the molecule is COc1ccc(COCCC/C=C\CC2NC(=O)C(Cc3ccccc3)NC(=O)[C@@H](C)NC(=O)[C@@H](C(C)C)NC(=O)[C@H]2C)cc1. The number of amides is 4. The lowest BCUT2D eigenvalue weighted by atomic mass is 9.94. The number of methoxy groups -OCH3 is 1. The standard InChI is InChI=1S/C35H48N4O6/c1-23(2)31-35(43)36-25(4)33(41)38-30(21-26-13-9-8-10-14-26)34(42)37-29(24(3)32(40)39-31)15-11-6-7-12-20-45-22-27-16-18-28(44-5)19-17-27/h6,8-11,13-14,16-19,23-25,29-31H,7,12,15,20-22H2,1-5H3,(H,36,43)(H,37,42)(H,38,41)(H,39,40)/b11-6-/t24-,25+,29?,30?,31+/m0/s1. The Bertz CT molecular complexity index is 1280. The van der Waals surface area contributed by atoms with E-state index in [9.17, 15) is 19.2 Å². The molecule has 1 fully saturated rings. The lowest BCUT2D eigenvalue weighted by molar-refractivity contribution is -0.134. The van der Waals surface area contributed by atoms with Crippen molar-refractivity contribution in [3.63, 3.8) is 0 Å². The number of carbonyl (C=O) groups is 4. The van der Waals surface area contributed by atoms with E-state index in [0.29, 0.717) is 19.6 Å². The van der Waals surface area contributed by atoms with Gasteiger partial charge in [-0.15, -0.1) is 0 Å². The highest BCUT2D eigenvalue weighted by molar-refractivity contribution is 5.95. The molecule has 5 atom stereocenters. The van der Waals surface area contributed by atoms with E-state index in [1.807, 2.05) is 80.6 Å². The number of unbranched alkanes of at least 4 members (excludes halogenated alkanes) is 1. The van der Waals surface area contributed by atoms with Gasteiger partial charge in [-0.1, -0.05) is 75.4 Å². The number of rotatable bonds is 12. The first-order chi connectivity index (χ1) is 21.6. The Labute approximate surface area is 266 Å². The van der Waals surface area contributed by atoms with Crippen LogP contribution in [-0.4, -0.2) is 61.5 Å². The van der Waals surface area contributed by atoms with Gasteiger partial charge >= 0.3 is 0 Å². The fraction of sp³-hybridized carbons (Fsp3) is 0.486. The third kappa shape index (κ3) is 11.4. The molecule has 45 heavy (non-hydrogen) atoms. The van der Waals surface area contributed by atoms with Crippen molar-refractivity contribution in [2.45, 2.75) is 84.2 Å². The molecular weight excluding hydrogens is 572 g/mol. The number of allylic oxidation sites excluding steroid dienone is 1. The minimum Gasteiger partial charge on any atom is -0.497 e. The third-order valence-corrected chi connectivity index (χ3v) is 7.90. The highest BCUT2D eigenvalue weighted by atomic mass is 16.5. The second-order valence-corrected chi connectivity index (χ2v) is 11.9. The molecule has 4 N–H and O–H groups in total. The first-order valence-electron chi connectivity index (χ1n) is 15.7. The smallest absolute Gasteiger partial charge is 0.243 e. The monoisotopic (exact) mass is 620 g/mol. The van der Waals surface area contributed by atoms with Crippen LogP contribution in [0.2, 0.25) is 0 Å². The average molecular weight is 621 g/mol. The summed E-state index contributed by atoms with van der Waals surface area (Å²) >= 11 is 0. The largest absolute Gasteiger partial charge is 0.497 e. The van der Waals surface area contributed by atoms with Gasteiger partial charge in [-0.05, 0) is 55.4 Å². The number of hydrogen-bond donors (Lipinski definition) is 4. The molecule has 0 saturated carbocycles. The van der Waals surface area contributed by atoms with Crippen molar-refractivity contribution in [2.75, 3.05) is 13.7 Å². The lowest BCUT2D eigenvalue weighted by Gasteiger charge is -2.28. The Morgan fingerprint density at radius 1 is 0.778 bits per heavy atom. The van der Waals surface area contributed by atoms with E-state index in [4.69, 9.17) is 9.47 Å². The van der Waals surface area contributed by atoms with Gasteiger partial charge in [0.1, 0.15) is 23.9 Å². The maximum Gasteiger partial charge on any atom is 0.243 e. The van der Waals surface area contributed by atoms with Crippen molar-refractivity contribution in [2.24, 2.45) is 11.8 Å². The summed E-state index contributed by atoms with van der Waals surface area (Å²) in [5.74, 6) is -1.72. The predicted octanol–water partition coefficient (Wildman–Crippen LogP) is 3.45. The molecule has 0 bridgehead atoms. The van der Waals surface area contributed by atoms with Gasteiger partial charge in [-0.3, -0.25) is 19.2 Å². The molecule has 4 amide bonds. The van der Waals surface area contributed by atoms with Crippen molar-refractivity contribution >= 4 is 23.6 Å². The van der Waals surface area contributed by atoms with Crippen molar-refractivity contribution in [3.8, 4) is 5.75 Å². The molecule has 1 aliphatic heterocycles. The molecule has 2 unspecified atom stereocenters. The number of carbonyl (C=O) groups excluding carboxylic acids is 4. The van der Waals surface area contributed by atoms with Crippen LogP contribution in [0.1, 0.15) is 58.1 Å². The first kappa shape index (κ1) is 35.3. The maximum absolute atomic E-state index is 13.6. The molecule has 3 rings (SSSR count). The topological polar surface area (TPSA) is 135 Å². The minimum atomic E-state index is -0.904. The van der Waals surface area contributed by atoms with Gasteiger partial charge in [0.05, 0.1) is 19.6 Å². The molecule has 1 saturated heterocycles. The summed E-state index contributed by atoms with van der Waals surface area (Å²) in [5, 5.41) is 11.4. The first-order valence-corrected chi connectivity index (χ1v) is 15.7. The van der Waals surface area contributed by atoms with Gasteiger partial charge in [-0.25, -0.2) is 0 Å². The summed E-state index contributed by atoms with van der Waals surface area (Å²) < 4.78 is 11.0. The van der Waals surface area contributed by atoms with Crippen molar-refractivity contribution in [1.29, 1.82) is 0 Å². The van der Waals surface area contributed by atoms with Crippen LogP contribution in [0.25, 0.3) is 0 Å². The molecule has 0 aliphatic carbocycles. The van der Waals surface area contributed by atoms with Gasteiger partial charge in [0, 0.05) is 19.1 Å². The number of hydrogen-bond acceptors (Lipinski definition) is 6. The molecule has 0 spiro atoms. The second-order valence-electron chi connectivity index (χ2n) is 11.9. The lowest BCUT2D eigenvalue weighted by Crippen LogP contribution is -2.56. The van der Waals surface area contributed by atoms with Gasteiger partial charge in [0.25, 0.3) is 0 Å². The molecule has 10 nitrogen and oxygen atoms in total. The van der Waals surface area contributed by atoms with Crippen LogP contribution < -0.4 is 26.0 Å². The number of nitrogens with one attached hydrogen (secondary N) is 4. The summed E-state index contributed by atoms with van der Waals surface area (Å²) in [6.45, 7) is 8.07. The van der Waals surface area contributed by atoms with Crippen molar-refractivity contribution in [1.82, 2.24) is 21.3 Å². The maximum atomic E-state index is 13.6. The third-order valence-electron chi connectivity index (χ3n) is 7.90. The Morgan fingerprint density at radius 3 is 2.16 bits per heavy atom. The highest BCUT2D eigenvalue weighted by Gasteiger charge is 2.34. The van der Waals surface area contributed by atoms with E-state index in [-0.39, 0.29) is 18.2 Å². The van der Waals surface area contributed by atoms with Crippen molar-refractivity contribution < 1.29 is 28.7 Å². The molecule has 2 aromatic rings. The van der Waals surface area contributed by atoms with Gasteiger partial charge in [0.2, 0.25) is 23.6 Å². The molecule has 10 heteroatoms. The van der Waals surface area contributed by atoms with Crippen LogP contribution in [-0.2, 0) is 36.9 Å². The molecule has 0 aromatic heterocycles. The van der Waals surface area contributed by atoms with E-state index < -0.39 is 47.8 Å². The van der Waals surface area contributed by atoms with Gasteiger partial charge in [0.15, 0.2) is 0 Å². The zero-order valence-electron chi connectivity index (χ0n) is 27.0. The summed E-state index contributed by atoms with van der Waals surface area (Å²) in [6, 6.07) is 13.9. The van der Waals surface area contributed by atoms with Crippen LogP contribution in [0.3, 0.4) is 0 Å². The Balaban J connectivity index is 1.68. The summed E-state index contributed by atoms with van der Waals surface area (Å²) in [7, 11) is 1.64. The average Bonchev–Trinajstić information content (AvgIpc) is 3.03. The van der Waals surface area contributed by atoms with Crippen LogP contribution in [0.5, 0.6) is 5.75 Å². The second kappa shape index (κ2) is 17.9. The fourth-order valence-electron chi connectivity index (χ4n) is 4.97. The predicted molar refractivity (Wildman–Crippen MR) is 173 cm³/mol. The van der Waals surface area contributed by atoms with E-state index >= 15 is 0 Å². The van der Waals surface area contributed by atoms with Crippen LogP contribution >= 0.6 is 0 Å². The van der Waals surface area contributed by atoms with Gasteiger partial charge in [-0.2, -0.15) is 0 Å². The zero-order valence-corrected chi connectivity index (χ0v) is 27.0. The summed E-state index contributed by atoms with van der Waals surface area (Å²) in [5.41, 5.74) is 1.94. The van der Waals surface area contributed by atoms with E-state index in [1.54, 1.807) is 21.0 Å². The molecule has 1 heterocycles. The molecule has 1 aliphatic rings. The fourth-order valence-corrected chi connectivity index (χ4v) is 4.97. The van der Waals surface area contributed by atoms with E-state index in [2.05, 4.69) is 21.3 Å². The molecule has 244 valence electrons. The van der Waals surface area contributed by atoms with Crippen LogP contribution in [0.15, 0.2) is 66.7 Å². The molecule has 0 radical (unpaired) electrons. The molecule has 2 aromatic carbocycles.